The van der Waals surface area contributed by atoms with Crippen LogP contribution < -0.4 is 4.90 Å². The van der Waals surface area contributed by atoms with Gasteiger partial charge in [-0.25, -0.2) is 9.59 Å². The van der Waals surface area contributed by atoms with Crippen molar-refractivity contribution >= 4 is 23.4 Å². The van der Waals surface area contributed by atoms with Gasteiger partial charge in [-0.3, -0.25) is 0 Å². The molecule has 0 bridgehead atoms. The minimum atomic E-state index is -0.534. The van der Waals surface area contributed by atoms with Gasteiger partial charge in [0.25, 0.3) is 0 Å². The first kappa shape index (κ1) is 19.4. The number of anilines is 1. The van der Waals surface area contributed by atoms with Gasteiger partial charge in [-0.15, -0.1) is 0 Å². The number of piperazine rings is 1. The van der Waals surface area contributed by atoms with E-state index in [1.54, 1.807) is 17.0 Å². The van der Waals surface area contributed by atoms with Gasteiger partial charge in [0.05, 0.1) is 12.7 Å². The lowest BCUT2D eigenvalue weighted by Crippen LogP contribution is -2.50. The Morgan fingerprint density at radius 3 is 2.35 bits per heavy atom. The van der Waals surface area contributed by atoms with E-state index in [2.05, 4.69) is 10.0 Å². The van der Waals surface area contributed by atoms with Crippen LogP contribution in [-0.4, -0.2) is 55.9 Å². The summed E-state index contributed by atoms with van der Waals surface area (Å²) in [5.41, 5.74) is 9.51. The van der Waals surface area contributed by atoms with Crippen molar-refractivity contribution in [2.75, 3.05) is 38.2 Å². The predicted octanol–water partition coefficient (Wildman–Crippen LogP) is 3.47. The van der Waals surface area contributed by atoms with Crippen molar-refractivity contribution in [3.8, 4) is 0 Å². The average molecular weight is 361 g/mol. The quantitative estimate of drug-likeness (QED) is 0.354. The Morgan fingerprint density at radius 2 is 1.81 bits per heavy atom. The van der Waals surface area contributed by atoms with Crippen molar-refractivity contribution in [1.29, 1.82) is 0 Å². The summed E-state index contributed by atoms with van der Waals surface area (Å²) in [6.07, 6.45) is -0.338. The van der Waals surface area contributed by atoms with Crippen LogP contribution in [0, 0.1) is 0 Å². The van der Waals surface area contributed by atoms with E-state index in [1.807, 2.05) is 25.7 Å². The van der Waals surface area contributed by atoms with Gasteiger partial charge in [0, 0.05) is 42.5 Å². The molecule has 1 amide bonds. The molecule has 140 valence electrons. The van der Waals surface area contributed by atoms with E-state index in [0.29, 0.717) is 37.4 Å². The lowest BCUT2D eigenvalue weighted by Gasteiger charge is -2.37. The molecule has 0 atom stereocenters. The lowest BCUT2D eigenvalue weighted by atomic mass is 10.1. The minimum absolute atomic E-state index is 0.307. The van der Waals surface area contributed by atoms with Crippen molar-refractivity contribution < 1.29 is 19.1 Å². The van der Waals surface area contributed by atoms with E-state index in [4.69, 9.17) is 15.0 Å². The van der Waals surface area contributed by atoms with Gasteiger partial charge in [0.2, 0.25) is 0 Å². The maximum atomic E-state index is 12.1. The van der Waals surface area contributed by atoms with Crippen LogP contribution in [0.25, 0.3) is 10.4 Å². The fourth-order valence-electron chi connectivity index (χ4n) is 2.60. The standard InChI is InChI=1S/C17H23N5O4/c1-17(2,3)26-16(24)22-7-5-21(6-8-22)14-10-12(15(23)25-4)9-13(11-14)19-20-18/h9-11H,5-8H2,1-4H3. The zero-order valence-corrected chi connectivity index (χ0v) is 15.4. The highest BCUT2D eigenvalue weighted by atomic mass is 16.6. The minimum Gasteiger partial charge on any atom is -0.465 e. The van der Waals surface area contributed by atoms with Crippen LogP contribution in [0.2, 0.25) is 0 Å². The third-order valence-corrected chi connectivity index (χ3v) is 3.78. The van der Waals surface area contributed by atoms with E-state index >= 15 is 0 Å². The average Bonchev–Trinajstić information content (AvgIpc) is 2.59. The van der Waals surface area contributed by atoms with Gasteiger partial charge < -0.3 is 19.3 Å². The number of hydrogen-bond acceptors (Lipinski definition) is 6. The highest BCUT2D eigenvalue weighted by molar-refractivity contribution is 5.91. The number of carbonyl (C=O) groups excluding carboxylic acids is 2. The van der Waals surface area contributed by atoms with Gasteiger partial charge >= 0.3 is 12.1 Å². The summed E-state index contributed by atoms with van der Waals surface area (Å²) in [4.78, 5) is 30.4. The Balaban J connectivity index is 2.13. The number of methoxy groups -OCH3 is 1. The number of esters is 1. The molecule has 0 aromatic heterocycles. The fraction of sp³-hybridized carbons (Fsp3) is 0.529. The van der Waals surface area contributed by atoms with E-state index in [0.717, 1.165) is 5.69 Å². The molecule has 0 spiro atoms. The number of azide groups is 1. The third-order valence-electron chi connectivity index (χ3n) is 3.78. The Morgan fingerprint density at radius 1 is 1.15 bits per heavy atom. The predicted molar refractivity (Wildman–Crippen MR) is 96.6 cm³/mol. The molecule has 1 fully saturated rings. The molecule has 1 aliphatic rings. The summed E-state index contributed by atoms with van der Waals surface area (Å²) in [5.74, 6) is -0.506. The number of hydrogen-bond donors (Lipinski definition) is 0. The topological polar surface area (TPSA) is 108 Å². The molecule has 9 heteroatoms. The summed E-state index contributed by atoms with van der Waals surface area (Å²) in [6.45, 7) is 7.62. The second-order valence-corrected chi connectivity index (χ2v) is 6.87. The van der Waals surface area contributed by atoms with E-state index in [1.165, 1.54) is 13.2 Å². The Bertz CT molecular complexity index is 729. The molecule has 9 nitrogen and oxygen atoms in total. The molecular weight excluding hydrogens is 338 g/mol. The second kappa shape index (κ2) is 7.97. The molecule has 0 unspecified atom stereocenters. The van der Waals surface area contributed by atoms with Gasteiger partial charge in [-0.05, 0) is 44.5 Å². The number of amides is 1. The number of ether oxygens (including phenoxy) is 2. The van der Waals surface area contributed by atoms with E-state index < -0.39 is 11.6 Å². The molecule has 1 aromatic rings. The smallest absolute Gasteiger partial charge is 0.410 e. The van der Waals surface area contributed by atoms with E-state index in [-0.39, 0.29) is 6.09 Å². The Labute approximate surface area is 152 Å². The van der Waals surface area contributed by atoms with Crippen LogP contribution in [0.1, 0.15) is 31.1 Å². The van der Waals surface area contributed by atoms with Gasteiger partial charge in [-0.2, -0.15) is 0 Å². The van der Waals surface area contributed by atoms with Crippen molar-refractivity contribution in [3.63, 3.8) is 0 Å². The highest BCUT2D eigenvalue weighted by Crippen LogP contribution is 2.26. The molecule has 0 N–H and O–H groups in total. The number of nitrogens with zero attached hydrogens (tertiary/aromatic N) is 5. The first-order chi connectivity index (χ1) is 12.2. The van der Waals surface area contributed by atoms with Crippen LogP contribution in [0.4, 0.5) is 16.2 Å². The summed E-state index contributed by atoms with van der Waals surface area (Å²) >= 11 is 0. The molecule has 0 radical (unpaired) electrons. The second-order valence-electron chi connectivity index (χ2n) is 6.87. The van der Waals surface area contributed by atoms with Gasteiger partial charge in [-0.1, -0.05) is 5.11 Å². The summed E-state index contributed by atoms with van der Waals surface area (Å²) < 4.78 is 10.1. The Hall–Kier alpha value is -2.93. The van der Waals surface area contributed by atoms with E-state index in [9.17, 15) is 9.59 Å². The lowest BCUT2D eigenvalue weighted by molar-refractivity contribution is 0.0240. The number of benzene rings is 1. The Kier molecular flexibility index (Phi) is 5.94. The summed E-state index contributed by atoms with van der Waals surface area (Å²) in [5, 5.41) is 3.58. The van der Waals surface area contributed by atoms with Crippen molar-refractivity contribution in [2.45, 2.75) is 26.4 Å². The molecule has 0 saturated carbocycles. The number of rotatable bonds is 3. The maximum Gasteiger partial charge on any atom is 0.410 e. The molecule has 1 heterocycles. The molecule has 26 heavy (non-hydrogen) atoms. The normalized spacial score (nSPS) is 14.5. The largest absolute Gasteiger partial charge is 0.465 e. The van der Waals surface area contributed by atoms with Crippen molar-refractivity contribution in [3.05, 3.63) is 34.2 Å². The van der Waals surface area contributed by atoms with Gasteiger partial charge in [0.15, 0.2) is 0 Å². The summed E-state index contributed by atoms with van der Waals surface area (Å²) in [7, 11) is 1.29. The molecule has 1 aliphatic heterocycles. The zero-order chi connectivity index (χ0) is 19.3. The number of carbonyl (C=O) groups is 2. The van der Waals surface area contributed by atoms with Crippen LogP contribution in [-0.2, 0) is 9.47 Å². The van der Waals surface area contributed by atoms with Crippen LogP contribution in [0.15, 0.2) is 23.3 Å². The summed E-state index contributed by atoms with van der Waals surface area (Å²) in [6, 6.07) is 4.87. The maximum absolute atomic E-state index is 12.1. The molecule has 2 rings (SSSR count). The first-order valence-corrected chi connectivity index (χ1v) is 8.25. The molecule has 1 aromatic carbocycles. The van der Waals surface area contributed by atoms with Crippen LogP contribution in [0.3, 0.4) is 0 Å². The zero-order valence-electron chi connectivity index (χ0n) is 15.4. The monoisotopic (exact) mass is 361 g/mol. The SMILES string of the molecule is COC(=O)c1cc(N=[N+]=[N-])cc(N2CCN(C(=O)OC(C)(C)C)CC2)c1. The van der Waals surface area contributed by atoms with Gasteiger partial charge in [0.1, 0.15) is 5.60 Å². The first-order valence-electron chi connectivity index (χ1n) is 8.25. The van der Waals surface area contributed by atoms with Crippen LogP contribution >= 0.6 is 0 Å². The third kappa shape index (κ3) is 5.03. The molecular formula is C17H23N5O4. The molecule has 1 saturated heterocycles. The fourth-order valence-corrected chi connectivity index (χ4v) is 2.60. The van der Waals surface area contributed by atoms with Crippen LogP contribution in [0.5, 0.6) is 0 Å². The highest BCUT2D eigenvalue weighted by Gasteiger charge is 2.26. The molecule has 0 aliphatic carbocycles. The van der Waals surface area contributed by atoms with Crippen molar-refractivity contribution in [1.82, 2.24) is 4.90 Å². The van der Waals surface area contributed by atoms with Crippen molar-refractivity contribution in [2.24, 2.45) is 5.11 Å².